The topological polar surface area (TPSA) is 44.8 Å². The maximum Gasteiger partial charge on any atom is 0.161 e. The van der Waals surface area contributed by atoms with Crippen LogP contribution in [-0.4, -0.2) is 20.5 Å². The Kier molecular flexibility index (Phi) is 5.22. The molecule has 0 spiro atoms. The Bertz CT molecular complexity index is 623. The molecule has 0 bridgehead atoms. The van der Waals surface area contributed by atoms with Gasteiger partial charge in [0.2, 0.25) is 0 Å². The standard InChI is InChI=1S/C16H15BrO4/c1-19-15-7-12(14(17)8-16(15)20-2)10-21-13-5-3-11(9-18)4-6-13/h3-9H,10H2,1-2H3. The number of hydrogen-bond acceptors (Lipinski definition) is 4. The number of hydrogen-bond donors (Lipinski definition) is 0. The number of aldehydes is 1. The van der Waals surface area contributed by atoms with Crippen LogP contribution in [-0.2, 0) is 6.61 Å². The van der Waals surface area contributed by atoms with Crippen molar-refractivity contribution < 1.29 is 19.0 Å². The van der Waals surface area contributed by atoms with E-state index in [0.29, 0.717) is 29.4 Å². The third kappa shape index (κ3) is 3.76. The molecule has 0 atom stereocenters. The average Bonchev–Trinajstić information content (AvgIpc) is 2.53. The summed E-state index contributed by atoms with van der Waals surface area (Å²) in [6.45, 7) is 0.376. The van der Waals surface area contributed by atoms with Crippen LogP contribution in [0.15, 0.2) is 40.9 Å². The maximum absolute atomic E-state index is 10.6. The fourth-order valence-corrected chi connectivity index (χ4v) is 2.25. The predicted molar refractivity (Wildman–Crippen MR) is 83.4 cm³/mol. The summed E-state index contributed by atoms with van der Waals surface area (Å²) < 4.78 is 17.1. The molecule has 2 aromatic rings. The number of halogens is 1. The molecule has 110 valence electrons. The van der Waals surface area contributed by atoms with Crippen molar-refractivity contribution in [1.29, 1.82) is 0 Å². The lowest BCUT2D eigenvalue weighted by Crippen LogP contribution is -1.99. The fourth-order valence-electron chi connectivity index (χ4n) is 1.81. The molecule has 0 saturated carbocycles. The van der Waals surface area contributed by atoms with Gasteiger partial charge in [-0.15, -0.1) is 0 Å². The second-order valence-electron chi connectivity index (χ2n) is 4.27. The third-order valence-corrected chi connectivity index (χ3v) is 3.70. The monoisotopic (exact) mass is 350 g/mol. The van der Waals surface area contributed by atoms with Gasteiger partial charge in [0.05, 0.1) is 14.2 Å². The lowest BCUT2D eigenvalue weighted by atomic mass is 10.2. The van der Waals surface area contributed by atoms with Crippen molar-refractivity contribution in [2.75, 3.05) is 14.2 Å². The number of rotatable bonds is 6. The molecule has 0 unspecified atom stereocenters. The van der Waals surface area contributed by atoms with Gasteiger partial charge in [0.1, 0.15) is 18.6 Å². The van der Waals surface area contributed by atoms with Crippen molar-refractivity contribution in [3.05, 3.63) is 52.0 Å². The molecule has 0 aliphatic heterocycles. The quantitative estimate of drug-likeness (QED) is 0.742. The third-order valence-electron chi connectivity index (χ3n) is 2.96. The van der Waals surface area contributed by atoms with E-state index in [1.807, 2.05) is 12.1 Å². The van der Waals surface area contributed by atoms with E-state index < -0.39 is 0 Å². The van der Waals surface area contributed by atoms with E-state index in [1.165, 1.54) is 0 Å². The number of ether oxygens (including phenoxy) is 3. The van der Waals surface area contributed by atoms with Gasteiger partial charge < -0.3 is 14.2 Å². The molecule has 21 heavy (non-hydrogen) atoms. The molecule has 4 nitrogen and oxygen atoms in total. The first kappa shape index (κ1) is 15.4. The van der Waals surface area contributed by atoms with E-state index in [1.54, 1.807) is 38.5 Å². The molecule has 0 N–H and O–H groups in total. The molecule has 0 saturated heterocycles. The van der Waals surface area contributed by atoms with Crippen molar-refractivity contribution in [3.8, 4) is 17.2 Å². The molecule has 0 heterocycles. The first-order chi connectivity index (χ1) is 10.2. The number of benzene rings is 2. The lowest BCUT2D eigenvalue weighted by Gasteiger charge is -2.13. The normalized spacial score (nSPS) is 10.0. The summed E-state index contributed by atoms with van der Waals surface area (Å²) in [7, 11) is 3.18. The maximum atomic E-state index is 10.6. The van der Waals surface area contributed by atoms with E-state index in [-0.39, 0.29) is 0 Å². The molecule has 0 fully saturated rings. The van der Waals surface area contributed by atoms with Crippen molar-refractivity contribution in [1.82, 2.24) is 0 Å². The molecule has 0 aliphatic rings. The van der Waals surface area contributed by atoms with Gasteiger partial charge in [-0.25, -0.2) is 0 Å². The Labute approximate surface area is 131 Å². The van der Waals surface area contributed by atoms with Gasteiger partial charge in [-0.1, -0.05) is 15.9 Å². The van der Waals surface area contributed by atoms with Crippen molar-refractivity contribution >= 4 is 22.2 Å². The van der Waals surface area contributed by atoms with Crippen LogP contribution in [0.25, 0.3) is 0 Å². The highest BCUT2D eigenvalue weighted by atomic mass is 79.9. The van der Waals surface area contributed by atoms with Crippen molar-refractivity contribution in [2.45, 2.75) is 6.61 Å². The predicted octanol–water partition coefficient (Wildman–Crippen LogP) is 3.86. The molecule has 0 aromatic heterocycles. The summed E-state index contributed by atoms with van der Waals surface area (Å²) in [5.41, 5.74) is 1.56. The van der Waals surface area contributed by atoms with Gasteiger partial charge in [0.15, 0.2) is 11.5 Å². The van der Waals surface area contributed by atoms with Crippen molar-refractivity contribution in [2.24, 2.45) is 0 Å². The molecule has 2 aromatic carbocycles. The van der Waals surface area contributed by atoms with Gasteiger partial charge in [0, 0.05) is 15.6 Å². The van der Waals surface area contributed by atoms with Crippen LogP contribution in [0.3, 0.4) is 0 Å². The Balaban J connectivity index is 2.13. The zero-order chi connectivity index (χ0) is 15.2. The van der Waals surface area contributed by atoms with E-state index in [9.17, 15) is 4.79 Å². The first-order valence-corrected chi connectivity index (χ1v) is 7.05. The minimum Gasteiger partial charge on any atom is -0.493 e. The van der Waals surface area contributed by atoms with Gasteiger partial charge >= 0.3 is 0 Å². The van der Waals surface area contributed by atoms with Crippen LogP contribution in [0.2, 0.25) is 0 Å². The van der Waals surface area contributed by atoms with Crippen LogP contribution in [0, 0.1) is 0 Å². The zero-order valence-corrected chi connectivity index (χ0v) is 13.3. The summed E-state index contributed by atoms with van der Waals surface area (Å²) in [6, 6.07) is 10.7. The number of carbonyl (C=O) groups is 1. The summed E-state index contributed by atoms with van der Waals surface area (Å²) in [4.78, 5) is 10.6. The molecular formula is C16H15BrO4. The number of methoxy groups -OCH3 is 2. The molecule has 0 radical (unpaired) electrons. The van der Waals surface area contributed by atoms with Crippen LogP contribution < -0.4 is 14.2 Å². The highest BCUT2D eigenvalue weighted by Crippen LogP contribution is 2.33. The van der Waals surface area contributed by atoms with E-state index in [2.05, 4.69) is 15.9 Å². The Hall–Kier alpha value is -2.01. The summed E-state index contributed by atoms with van der Waals surface area (Å²) in [5, 5.41) is 0. The summed E-state index contributed by atoms with van der Waals surface area (Å²) in [5.74, 6) is 2.00. The average molecular weight is 351 g/mol. The largest absolute Gasteiger partial charge is 0.493 e. The van der Waals surface area contributed by atoms with Gasteiger partial charge in [0.25, 0.3) is 0 Å². The fraction of sp³-hybridized carbons (Fsp3) is 0.188. The van der Waals surface area contributed by atoms with Crippen LogP contribution in [0.1, 0.15) is 15.9 Å². The van der Waals surface area contributed by atoms with Crippen LogP contribution >= 0.6 is 15.9 Å². The smallest absolute Gasteiger partial charge is 0.161 e. The highest BCUT2D eigenvalue weighted by molar-refractivity contribution is 9.10. The van der Waals surface area contributed by atoms with E-state index in [4.69, 9.17) is 14.2 Å². The summed E-state index contributed by atoms with van der Waals surface area (Å²) >= 11 is 3.49. The van der Waals surface area contributed by atoms with Gasteiger partial charge in [-0.2, -0.15) is 0 Å². The molecule has 2 rings (SSSR count). The van der Waals surface area contributed by atoms with E-state index >= 15 is 0 Å². The Morgan fingerprint density at radius 3 is 2.24 bits per heavy atom. The van der Waals surface area contributed by atoms with Gasteiger partial charge in [-0.05, 0) is 36.4 Å². The second-order valence-corrected chi connectivity index (χ2v) is 5.13. The molecule has 0 aliphatic carbocycles. The SMILES string of the molecule is COc1cc(Br)c(COc2ccc(C=O)cc2)cc1OC. The first-order valence-electron chi connectivity index (χ1n) is 6.26. The zero-order valence-electron chi connectivity index (χ0n) is 11.8. The van der Waals surface area contributed by atoms with Gasteiger partial charge in [-0.3, -0.25) is 4.79 Å². The molecule has 5 heteroatoms. The summed E-state index contributed by atoms with van der Waals surface area (Å²) in [6.07, 6.45) is 0.800. The highest BCUT2D eigenvalue weighted by Gasteiger charge is 2.10. The van der Waals surface area contributed by atoms with E-state index in [0.717, 1.165) is 16.3 Å². The molecular weight excluding hydrogens is 336 g/mol. The second kappa shape index (κ2) is 7.13. The van der Waals surface area contributed by atoms with Crippen molar-refractivity contribution in [3.63, 3.8) is 0 Å². The van der Waals surface area contributed by atoms with Crippen LogP contribution in [0.4, 0.5) is 0 Å². The number of carbonyl (C=O) groups excluding carboxylic acids is 1. The minimum atomic E-state index is 0.376. The lowest BCUT2D eigenvalue weighted by molar-refractivity contribution is 0.112. The van der Waals surface area contributed by atoms with Crippen LogP contribution in [0.5, 0.6) is 17.2 Å². The Morgan fingerprint density at radius 2 is 1.67 bits per heavy atom. The minimum absolute atomic E-state index is 0.376. The Morgan fingerprint density at radius 1 is 1.05 bits per heavy atom. The molecule has 0 amide bonds.